The van der Waals surface area contributed by atoms with Crippen molar-refractivity contribution in [1.29, 1.82) is 0 Å². The minimum absolute atomic E-state index is 0.00851. The van der Waals surface area contributed by atoms with Gasteiger partial charge in [-0.15, -0.1) is 0 Å². The van der Waals surface area contributed by atoms with Crippen LogP contribution in [0.3, 0.4) is 0 Å². The molecule has 126 valence electrons. The number of hydrogen-bond donors (Lipinski definition) is 2. The van der Waals surface area contributed by atoms with Gasteiger partial charge in [0.2, 0.25) is 5.95 Å². The maximum atomic E-state index is 14.1. The number of fused-ring (bicyclic) bond motifs is 1. The standard InChI is InChI=1S/C18H20FN3O2/c1-10-16(24)8-22(10)18-20-15-4-2-3-13(15)17(21-18)11-5-6-12(9-23)14(19)7-11/h5-7,10,16,23-24H,2-4,8-9H2,1H3/t10-,16+/m0/s1. The van der Waals surface area contributed by atoms with E-state index in [1.807, 2.05) is 11.8 Å². The minimum Gasteiger partial charge on any atom is -0.392 e. The normalized spacial score (nSPS) is 22.4. The van der Waals surface area contributed by atoms with E-state index in [1.165, 1.54) is 6.07 Å². The molecule has 4 rings (SSSR count). The van der Waals surface area contributed by atoms with Crippen LogP contribution in [0, 0.1) is 5.82 Å². The highest BCUT2D eigenvalue weighted by molar-refractivity contribution is 5.67. The van der Waals surface area contributed by atoms with Gasteiger partial charge in [-0.3, -0.25) is 0 Å². The van der Waals surface area contributed by atoms with Crippen LogP contribution in [0.5, 0.6) is 0 Å². The topological polar surface area (TPSA) is 69.5 Å². The molecule has 0 amide bonds. The SMILES string of the molecule is C[C@H]1[C@H](O)CN1c1nc2c(c(-c3ccc(CO)c(F)c3)n1)CCC2. The Morgan fingerprint density at radius 2 is 2.12 bits per heavy atom. The summed E-state index contributed by atoms with van der Waals surface area (Å²) in [5.74, 6) is 0.185. The average molecular weight is 329 g/mol. The van der Waals surface area contributed by atoms with Crippen molar-refractivity contribution in [2.24, 2.45) is 0 Å². The highest BCUT2D eigenvalue weighted by Crippen LogP contribution is 2.34. The predicted octanol–water partition coefficient (Wildman–Crippen LogP) is 1.83. The van der Waals surface area contributed by atoms with Crippen LogP contribution in [0.2, 0.25) is 0 Å². The number of hydrogen-bond acceptors (Lipinski definition) is 5. The van der Waals surface area contributed by atoms with Gasteiger partial charge in [-0.05, 0) is 32.3 Å². The first-order valence-electron chi connectivity index (χ1n) is 8.32. The number of β-amino-alcohol motifs (C(OH)–C–C–N with tert-alkyl or cyclic N) is 1. The summed E-state index contributed by atoms with van der Waals surface area (Å²) in [6.07, 6.45) is 2.47. The monoisotopic (exact) mass is 329 g/mol. The van der Waals surface area contributed by atoms with E-state index in [-0.39, 0.29) is 24.3 Å². The second kappa shape index (κ2) is 5.79. The summed E-state index contributed by atoms with van der Waals surface area (Å²) in [5, 5.41) is 18.9. The van der Waals surface area contributed by atoms with Crippen LogP contribution in [0.4, 0.5) is 10.3 Å². The van der Waals surface area contributed by atoms with Gasteiger partial charge in [0.15, 0.2) is 0 Å². The molecular formula is C18H20FN3O2. The lowest BCUT2D eigenvalue weighted by Gasteiger charge is -2.43. The van der Waals surface area contributed by atoms with E-state index in [2.05, 4.69) is 4.98 Å². The van der Waals surface area contributed by atoms with Crippen LogP contribution in [0.1, 0.15) is 30.2 Å². The zero-order chi connectivity index (χ0) is 16.8. The van der Waals surface area contributed by atoms with E-state index in [0.717, 1.165) is 36.2 Å². The van der Waals surface area contributed by atoms with Gasteiger partial charge < -0.3 is 15.1 Å². The fourth-order valence-electron chi connectivity index (χ4n) is 3.46. The Balaban J connectivity index is 1.80. The summed E-state index contributed by atoms with van der Waals surface area (Å²) in [6, 6.07) is 4.83. The minimum atomic E-state index is -0.422. The van der Waals surface area contributed by atoms with Crippen molar-refractivity contribution in [3.05, 3.63) is 40.8 Å². The Kier molecular flexibility index (Phi) is 3.73. The molecule has 24 heavy (non-hydrogen) atoms. The number of nitrogens with zero attached hydrogens (tertiary/aromatic N) is 3. The summed E-state index contributed by atoms with van der Waals surface area (Å²) in [6.45, 7) is 2.15. The highest BCUT2D eigenvalue weighted by atomic mass is 19.1. The quantitative estimate of drug-likeness (QED) is 0.899. The van der Waals surface area contributed by atoms with E-state index in [9.17, 15) is 9.50 Å². The molecule has 0 unspecified atom stereocenters. The third kappa shape index (κ3) is 2.37. The number of halogens is 1. The number of aromatic nitrogens is 2. The number of benzene rings is 1. The fraction of sp³-hybridized carbons (Fsp3) is 0.444. The van der Waals surface area contributed by atoms with Gasteiger partial charge in [-0.1, -0.05) is 12.1 Å². The second-order valence-electron chi connectivity index (χ2n) is 6.58. The summed E-state index contributed by atoms with van der Waals surface area (Å²) < 4.78 is 14.1. The Hall–Kier alpha value is -2.05. The fourth-order valence-corrected chi connectivity index (χ4v) is 3.46. The van der Waals surface area contributed by atoms with Gasteiger partial charge >= 0.3 is 0 Å². The molecule has 5 nitrogen and oxygen atoms in total. The van der Waals surface area contributed by atoms with Crippen LogP contribution in [0.15, 0.2) is 18.2 Å². The van der Waals surface area contributed by atoms with Crippen molar-refractivity contribution in [3.8, 4) is 11.3 Å². The lowest BCUT2D eigenvalue weighted by atomic mass is 10.0. The number of anilines is 1. The second-order valence-corrected chi connectivity index (χ2v) is 6.58. The van der Waals surface area contributed by atoms with E-state index >= 15 is 0 Å². The molecule has 1 aliphatic carbocycles. The van der Waals surface area contributed by atoms with Gasteiger partial charge in [-0.25, -0.2) is 14.4 Å². The molecule has 1 aliphatic heterocycles. The largest absolute Gasteiger partial charge is 0.392 e. The van der Waals surface area contributed by atoms with Crippen LogP contribution >= 0.6 is 0 Å². The molecule has 0 radical (unpaired) electrons. The molecule has 2 aromatic rings. The van der Waals surface area contributed by atoms with Crippen LogP contribution in [0.25, 0.3) is 11.3 Å². The molecule has 6 heteroatoms. The van der Waals surface area contributed by atoms with Crippen LogP contribution in [-0.4, -0.2) is 38.9 Å². The molecule has 2 heterocycles. The van der Waals surface area contributed by atoms with E-state index in [0.29, 0.717) is 18.1 Å². The third-order valence-electron chi connectivity index (χ3n) is 5.11. The predicted molar refractivity (Wildman–Crippen MR) is 88.2 cm³/mol. The number of aliphatic hydroxyl groups excluding tert-OH is 2. The summed E-state index contributed by atoms with van der Waals surface area (Å²) in [5.41, 5.74) is 3.87. The Morgan fingerprint density at radius 1 is 1.29 bits per heavy atom. The van der Waals surface area contributed by atoms with Crippen LogP contribution < -0.4 is 4.90 Å². The van der Waals surface area contributed by atoms with Gasteiger partial charge in [-0.2, -0.15) is 0 Å². The highest BCUT2D eigenvalue weighted by Gasteiger charge is 2.36. The number of rotatable bonds is 3. The van der Waals surface area contributed by atoms with E-state index in [4.69, 9.17) is 10.1 Å². The number of aryl methyl sites for hydroxylation is 1. The smallest absolute Gasteiger partial charge is 0.226 e. The lowest BCUT2D eigenvalue weighted by Crippen LogP contribution is -2.59. The van der Waals surface area contributed by atoms with Crippen molar-refractivity contribution in [2.75, 3.05) is 11.4 Å². The van der Waals surface area contributed by atoms with Crippen molar-refractivity contribution in [3.63, 3.8) is 0 Å². The molecule has 2 atom stereocenters. The molecule has 0 spiro atoms. The van der Waals surface area contributed by atoms with Crippen molar-refractivity contribution in [2.45, 2.75) is 44.9 Å². The maximum absolute atomic E-state index is 14.1. The molecule has 0 bridgehead atoms. The summed E-state index contributed by atoms with van der Waals surface area (Å²) in [7, 11) is 0. The van der Waals surface area contributed by atoms with Gasteiger partial charge in [0.1, 0.15) is 5.82 Å². The molecule has 2 aliphatic rings. The van der Waals surface area contributed by atoms with E-state index < -0.39 is 5.82 Å². The Labute approximate surface area is 139 Å². The molecule has 1 aromatic carbocycles. The van der Waals surface area contributed by atoms with Crippen molar-refractivity contribution >= 4 is 5.95 Å². The van der Waals surface area contributed by atoms with Gasteiger partial charge in [0, 0.05) is 28.9 Å². The maximum Gasteiger partial charge on any atom is 0.226 e. The van der Waals surface area contributed by atoms with E-state index in [1.54, 1.807) is 12.1 Å². The van der Waals surface area contributed by atoms with Gasteiger partial charge in [0.25, 0.3) is 0 Å². The summed E-state index contributed by atoms with van der Waals surface area (Å²) in [4.78, 5) is 11.3. The molecular weight excluding hydrogens is 309 g/mol. The third-order valence-corrected chi connectivity index (χ3v) is 5.11. The van der Waals surface area contributed by atoms with Crippen LogP contribution in [-0.2, 0) is 19.4 Å². The molecule has 1 saturated heterocycles. The lowest BCUT2D eigenvalue weighted by molar-refractivity contribution is 0.0979. The van der Waals surface area contributed by atoms with Gasteiger partial charge in [0.05, 0.1) is 24.4 Å². The average Bonchev–Trinajstić information content (AvgIpc) is 3.06. The van der Waals surface area contributed by atoms with Crippen molar-refractivity contribution < 1.29 is 14.6 Å². The Morgan fingerprint density at radius 3 is 2.79 bits per heavy atom. The summed E-state index contributed by atoms with van der Waals surface area (Å²) >= 11 is 0. The molecule has 0 saturated carbocycles. The first-order chi connectivity index (χ1) is 11.6. The molecule has 1 aromatic heterocycles. The first kappa shape index (κ1) is 15.5. The Bertz CT molecular complexity index is 796. The molecule has 2 N–H and O–H groups in total. The zero-order valence-electron chi connectivity index (χ0n) is 13.5. The molecule has 1 fully saturated rings. The van der Waals surface area contributed by atoms with Crippen molar-refractivity contribution in [1.82, 2.24) is 9.97 Å². The number of aliphatic hydroxyl groups is 2. The first-order valence-corrected chi connectivity index (χ1v) is 8.32. The zero-order valence-corrected chi connectivity index (χ0v) is 13.5.